The topological polar surface area (TPSA) is 0 Å². The Labute approximate surface area is 122 Å². The molecule has 1 atom stereocenters. The molecule has 0 saturated carbocycles. The van der Waals surface area contributed by atoms with Crippen molar-refractivity contribution in [3.05, 3.63) is 69.2 Å². The van der Waals surface area contributed by atoms with E-state index in [0.717, 1.165) is 12.1 Å². The summed E-state index contributed by atoms with van der Waals surface area (Å²) >= 11 is 15.4. The van der Waals surface area contributed by atoms with Gasteiger partial charge in [-0.15, -0.1) is 0 Å². The normalized spacial score (nSPS) is 12.5. The van der Waals surface area contributed by atoms with E-state index in [9.17, 15) is 8.78 Å². The molecule has 2 rings (SSSR count). The van der Waals surface area contributed by atoms with E-state index in [0.29, 0.717) is 21.2 Å². The van der Waals surface area contributed by atoms with Crippen molar-refractivity contribution in [1.82, 2.24) is 0 Å². The Morgan fingerprint density at radius 2 is 1.67 bits per heavy atom. The summed E-state index contributed by atoms with van der Waals surface area (Å²) in [7, 11) is 0. The van der Waals surface area contributed by atoms with Crippen LogP contribution < -0.4 is 0 Å². The standard InChI is InChI=1S/C13H7BrCl2F2/c14-13(7-1-4-11(17)12(18)5-7)9-6-8(15)2-3-10(9)16/h1-6,13H. The smallest absolute Gasteiger partial charge is 0.159 e. The van der Waals surface area contributed by atoms with Crippen molar-refractivity contribution in [2.45, 2.75) is 4.83 Å². The summed E-state index contributed by atoms with van der Waals surface area (Å²) in [5.41, 5.74) is 1.27. The van der Waals surface area contributed by atoms with Gasteiger partial charge in [0, 0.05) is 10.0 Å². The second-order valence-electron chi connectivity index (χ2n) is 3.70. The molecule has 0 N–H and O–H groups in total. The first kappa shape index (κ1) is 13.8. The van der Waals surface area contributed by atoms with Crippen LogP contribution in [-0.4, -0.2) is 0 Å². The molecule has 0 aromatic heterocycles. The van der Waals surface area contributed by atoms with Gasteiger partial charge in [0.15, 0.2) is 11.6 Å². The zero-order valence-electron chi connectivity index (χ0n) is 8.93. The zero-order chi connectivity index (χ0) is 13.3. The molecule has 1 unspecified atom stereocenters. The van der Waals surface area contributed by atoms with Crippen LogP contribution in [0.15, 0.2) is 36.4 Å². The van der Waals surface area contributed by atoms with E-state index in [-0.39, 0.29) is 4.83 Å². The summed E-state index contributed by atoms with van der Waals surface area (Å²) in [6.45, 7) is 0. The van der Waals surface area contributed by atoms with Crippen LogP contribution in [0.25, 0.3) is 0 Å². The highest BCUT2D eigenvalue weighted by molar-refractivity contribution is 9.09. The molecule has 0 heterocycles. The van der Waals surface area contributed by atoms with E-state index in [2.05, 4.69) is 15.9 Å². The predicted molar refractivity (Wildman–Crippen MR) is 73.6 cm³/mol. The van der Waals surface area contributed by atoms with Gasteiger partial charge in [0.05, 0.1) is 4.83 Å². The Balaban J connectivity index is 2.44. The molecule has 18 heavy (non-hydrogen) atoms. The van der Waals surface area contributed by atoms with E-state index in [1.165, 1.54) is 6.07 Å². The first-order chi connectivity index (χ1) is 8.49. The monoisotopic (exact) mass is 350 g/mol. The molecule has 0 bridgehead atoms. The molecular formula is C13H7BrCl2F2. The zero-order valence-corrected chi connectivity index (χ0v) is 12.0. The van der Waals surface area contributed by atoms with Crippen LogP contribution in [0.3, 0.4) is 0 Å². The fourth-order valence-electron chi connectivity index (χ4n) is 1.56. The number of halogens is 5. The third-order valence-electron chi connectivity index (χ3n) is 2.47. The number of benzene rings is 2. The van der Waals surface area contributed by atoms with Gasteiger partial charge in [-0.05, 0) is 41.5 Å². The lowest BCUT2D eigenvalue weighted by atomic mass is 10.0. The molecular weight excluding hydrogens is 345 g/mol. The Morgan fingerprint density at radius 3 is 2.33 bits per heavy atom. The van der Waals surface area contributed by atoms with Gasteiger partial charge < -0.3 is 0 Å². The maximum absolute atomic E-state index is 13.2. The minimum absolute atomic E-state index is 0.348. The van der Waals surface area contributed by atoms with Gasteiger partial charge in [-0.25, -0.2) is 8.78 Å². The van der Waals surface area contributed by atoms with E-state index in [1.807, 2.05) is 0 Å². The van der Waals surface area contributed by atoms with E-state index >= 15 is 0 Å². The molecule has 0 aliphatic heterocycles. The lowest BCUT2D eigenvalue weighted by Crippen LogP contribution is -1.96. The van der Waals surface area contributed by atoms with Crippen LogP contribution in [0.4, 0.5) is 8.78 Å². The lowest BCUT2D eigenvalue weighted by Gasteiger charge is -2.13. The molecule has 0 aliphatic rings. The summed E-state index contributed by atoms with van der Waals surface area (Å²) in [5.74, 6) is -1.77. The first-order valence-corrected chi connectivity index (χ1v) is 6.70. The fraction of sp³-hybridized carbons (Fsp3) is 0.0769. The minimum atomic E-state index is -0.893. The van der Waals surface area contributed by atoms with Gasteiger partial charge in [0.1, 0.15) is 0 Å². The second kappa shape index (κ2) is 5.55. The Bertz CT molecular complexity index is 587. The van der Waals surface area contributed by atoms with Crippen molar-refractivity contribution in [3.8, 4) is 0 Å². The first-order valence-electron chi connectivity index (χ1n) is 5.03. The quantitative estimate of drug-likeness (QED) is 0.604. The summed E-state index contributed by atoms with van der Waals surface area (Å²) in [6.07, 6.45) is 0. The number of hydrogen-bond acceptors (Lipinski definition) is 0. The molecule has 0 spiro atoms. The molecule has 0 fully saturated rings. The van der Waals surface area contributed by atoms with E-state index in [4.69, 9.17) is 23.2 Å². The summed E-state index contributed by atoms with van der Waals surface area (Å²) in [5, 5.41) is 1.03. The van der Waals surface area contributed by atoms with Crippen LogP contribution in [0, 0.1) is 11.6 Å². The average molecular weight is 352 g/mol. The van der Waals surface area contributed by atoms with Gasteiger partial charge in [-0.2, -0.15) is 0 Å². The predicted octanol–water partition coefficient (Wildman–Crippen LogP) is 5.76. The van der Waals surface area contributed by atoms with Crippen LogP contribution in [0.1, 0.15) is 16.0 Å². The number of alkyl halides is 1. The summed E-state index contributed by atoms with van der Waals surface area (Å²) in [6, 6.07) is 8.72. The summed E-state index contributed by atoms with van der Waals surface area (Å²) < 4.78 is 26.1. The van der Waals surface area contributed by atoms with Crippen molar-refractivity contribution in [1.29, 1.82) is 0 Å². The van der Waals surface area contributed by atoms with Crippen molar-refractivity contribution >= 4 is 39.1 Å². The van der Waals surface area contributed by atoms with Gasteiger partial charge in [-0.3, -0.25) is 0 Å². The second-order valence-corrected chi connectivity index (χ2v) is 5.46. The van der Waals surface area contributed by atoms with Crippen molar-refractivity contribution < 1.29 is 8.78 Å². The van der Waals surface area contributed by atoms with Crippen LogP contribution in [0.5, 0.6) is 0 Å². The molecule has 0 aliphatic carbocycles. The van der Waals surface area contributed by atoms with Gasteiger partial charge in [-0.1, -0.05) is 45.2 Å². The van der Waals surface area contributed by atoms with Crippen LogP contribution >= 0.6 is 39.1 Å². The van der Waals surface area contributed by atoms with E-state index in [1.54, 1.807) is 18.2 Å². The van der Waals surface area contributed by atoms with Crippen molar-refractivity contribution in [2.24, 2.45) is 0 Å². The van der Waals surface area contributed by atoms with Gasteiger partial charge in [0.25, 0.3) is 0 Å². The molecule has 94 valence electrons. The molecule has 2 aromatic rings. The highest BCUT2D eigenvalue weighted by atomic mass is 79.9. The molecule has 2 aromatic carbocycles. The Hall–Kier alpha value is -0.640. The fourth-order valence-corrected chi connectivity index (χ4v) is 2.76. The van der Waals surface area contributed by atoms with Crippen LogP contribution in [-0.2, 0) is 0 Å². The lowest BCUT2D eigenvalue weighted by molar-refractivity contribution is 0.507. The van der Waals surface area contributed by atoms with Crippen molar-refractivity contribution in [2.75, 3.05) is 0 Å². The maximum Gasteiger partial charge on any atom is 0.159 e. The third-order valence-corrected chi connectivity index (χ3v) is 4.07. The molecule has 5 heteroatoms. The third kappa shape index (κ3) is 2.85. The van der Waals surface area contributed by atoms with Crippen LogP contribution in [0.2, 0.25) is 10.0 Å². The molecule has 0 nitrogen and oxygen atoms in total. The minimum Gasteiger partial charge on any atom is -0.204 e. The molecule has 0 amide bonds. The number of hydrogen-bond donors (Lipinski definition) is 0. The average Bonchev–Trinajstić information content (AvgIpc) is 2.35. The number of rotatable bonds is 2. The molecule has 0 radical (unpaired) electrons. The summed E-state index contributed by atoms with van der Waals surface area (Å²) in [4.78, 5) is -0.348. The van der Waals surface area contributed by atoms with Crippen molar-refractivity contribution in [3.63, 3.8) is 0 Å². The molecule has 0 saturated heterocycles. The highest BCUT2D eigenvalue weighted by Crippen LogP contribution is 2.36. The van der Waals surface area contributed by atoms with Gasteiger partial charge >= 0.3 is 0 Å². The highest BCUT2D eigenvalue weighted by Gasteiger charge is 2.16. The Kier molecular flexibility index (Phi) is 4.25. The van der Waals surface area contributed by atoms with E-state index < -0.39 is 11.6 Å². The van der Waals surface area contributed by atoms with Gasteiger partial charge in [0.2, 0.25) is 0 Å². The SMILES string of the molecule is Fc1ccc(C(Br)c2cc(Cl)ccc2Cl)cc1F. The maximum atomic E-state index is 13.2. The Morgan fingerprint density at radius 1 is 0.944 bits per heavy atom. The largest absolute Gasteiger partial charge is 0.204 e.